The van der Waals surface area contributed by atoms with Crippen LogP contribution < -0.4 is 10.6 Å². The fourth-order valence-corrected chi connectivity index (χ4v) is 6.05. The first-order chi connectivity index (χ1) is 14.9. The first kappa shape index (κ1) is 21.9. The van der Waals surface area contributed by atoms with Crippen LogP contribution in [0.25, 0.3) is 0 Å². The van der Waals surface area contributed by atoms with Gasteiger partial charge in [0.15, 0.2) is 0 Å². The van der Waals surface area contributed by atoms with Gasteiger partial charge in [-0.3, -0.25) is 9.59 Å². The first-order valence-electron chi connectivity index (χ1n) is 10.4. The quantitative estimate of drug-likeness (QED) is 0.625. The Balaban J connectivity index is 1.25. The van der Waals surface area contributed by atoms with Crippen molar-refractivity contribution in [3.8, 4) is 0 Å². The molecule has 8 nitrogen and oxygen atoms in total. The Hall–Kier alpha value is -2.27. The molecule has 1 aromatic heterocycles. The van der Waals surface area contributed by atoms with Crippen LogP contribution in [0.15, 0.2) is 46.0 Å². The van der Waals surface area contributed by atoms with Gasteiger partial charge in [0, 0.05) is 45.2 Å². The molecule has 0 spiro atoms. The van der Waals surface area contributed by atoms with Gasteiger partial charge in [0.25, 0.3) is 15.9 Å². The molecule has 0 radical (unpaired) electrons. The molecule has 31 heavy (non-hydrogen) atoms. The van der Waals surface area contributed by atoms with Crippen molar-refractivity contribution in [2.45, 2.75) is 29.5 Å². The first-order valence-corrected chi connectivity index (χ1v) is 12.7. The molecule has 10 heteroatoms. The van der Waals surface area contributed by atoms with Crippen LogP contribution in [-0.4, -0.2) is 68.2 Å². The molecule has 2 N–H and O–H groups in total. The summed E-state index contributed by atoms with van der Waals surface area (Å²) in [6.45, 7) is 2.52. The molecule has 1 aromatic carbocycles. The highest BCUT2D eigenvalue weighted by Crippen LogP contribution is 2.23. The van der Waals surface area contributed by atoms with Crippen LogP contribution in [0, 0.1) is 0 Å². The summed E-state index contributed by atoms with van der Waals surface area (Å²) in [7, 11) is -3.42. The average molecular weight is 463 g/mol. The van der Waals surface area contributed by atoms with E-state index in [0.717, 1.165) is 12.8 Å². The molecule has 2 fully saturated rings. The van der Waals surface area contributed by atoms with Crippen LogP contribution in [0.1, 0.15) is 29.6 Å². The van der Waals surface area contributed by atoms with Crippen LogP contribution in [0.3, 0.4) is 0 Å². The molecule has 4 rings (SSSR count). The second kappa shape index (κ2) is 9.47. The summed E-state index contributed by atoms with van der Waals surface area (Å²) in [6.07, 6.45) is 2.28. The second-order valence-electron chi connectivity index (χ2n) is 7.77. The maximum absolute atomic E-state index is 12.6. The number of thiophene rings is 1. The number of benzene rings is 1. The Labute approximate surface area is 186 Å². The monoisotopic (exact) mass is 462 g/mol. The van der Waals surface area contributed by atoms with E-state index in [9.17, 15) is 18.0 Å². The predicted molar refractivity (Wildman–Crippen MR) is 120 cm³/mol. The van der Waals surface area contributed by atoms with Crippen molar-refractivity contribution in [3.63, 3.8) is 0 Å². The Morgan fingerprint density at radius 1 is 1.03 bits per heavy atom. The van der Waals surface area contributed by atoms with Crippen molar-refractivity contribution in [1.82, 2.24) is 14.5 Å². The molecule has 2 amide bonds. The lowest BCUT2D eigenvalue weighted by molar-refractivity contribution is -0.116. The molecule has 1 aliphatic heterocycles. The van der Waals surface area contributed by atoms with Crippen molar-refractivity contribution in [3.05, 3.63) is 47.3 Å². The van der Waals surface area contributed by atoms with Gasteiger partial charge in [-0.1, -0.05) is 18.2 Å². The van der Waals surface area contributed by atoms with E-state index in [0.29, 0.717) is 48.2 Å². The maximum Gasteiger partial charge on any atom is 0.253 e. The van der Waals surface area contributed by atoms with Crippen molar-refractivity contribution >= 4 is 38.9 Å². The number of hydrogen-bond acceptors (Lipinski definition) is 6. The lowest BCUT2D eigenvalue weighted by Gasteiger charge is -2.33. The van der Waals surface area contributed by atoms with Crippen LogP contribution in [0.5, 0.6) is 0 Å². The Morgan fingerprint density at radius 2 is 1.77 bits per heavy atom. The molecule has 1 aliphatic carbocycles. The minimum absolute atomic E-state index is 0.165. The predicted octanol–water partition coefficient (Wildman–Crippen LogP) is 1.98. The Kier molecular flexibility index (Phi) is 6.71. The molecule has 1 saturated heterocycles. The minimum Gasteiger partial charge on any atom is -0.349 e. The molecule has 1 saturated carbocycles. The van der Waals surface area contributed by atoms with E-state index in [1.807, 2.05) is 0 Å². The van der Waals surface area contributed by atoms with Gasteiger partial charge >= 0.3 is 0 Å². The number of nitrogens with zero attached hydrogens (tertiary/aromatic N) is 2. The topological polar surface area (TPSA) is 98.8 Å². The number of sulfonamides is 1. The van der Waals surface area contributed by atoms with E-state index in [-0.39, 0.29) is 24.3 Å². The van der Waals surface area contributed by atoms with Gasteiger partial charge in [0.05, 0.1) is 11.3 Å². The minimum atomic E-state index is -3.42. The van der Waals surface area contributed by atoms with Crippen molar-refractivity contribution in [2.75, 3.05) is 38.0 Å². The number of nitrogens with one attached hydrogen (secondary N) is 2. The summed E-state index contributed by atoms with van der Waals surface area (Å²) in [5.41, 5.74) is 0.979. The van der Waals surface area contributed by atoms with Crippen LogP contribution in [0.4, 0.5) is 5.69 Å². The number of para-hydroxylation sites is 1. The zero-order chi connectivity index (χ0) is 21.8. The molecule has 0 bridgehead atoms. The molecule has 2 aromatic rings. The fraction of sp³-hybridized carbons (Fsp3) is 0.429. The van der Waals surface area contributed by atoms with Gasteiger partial charge in [0.2, 0.25) is 5.91 Å². The summed E-state index contributed by atoms with van der Waals surface area (Å²) in [4.78, 5) is 26.9. The summed E-state index contributed by atoms with van der Waals surface area (Å²) in [5, 5.41) is 7.55. The zero-order valence-corrected chi connectivity index (χ0v) is 18.8. The molecule has 0 atom stereocenters. The lowest BCUT2D eigenvalue weighted by atomic mass is 10.1. The van der Waals surface area contributed by atoms with E-state index < -0.39 is 10.0 Å². The second-order valence-corrected chi connectivity index (χ2v) is 10.9. The van der Waals surface area contributed by atoms with E-state index in [1.165, 1.54) is 15.6 Å². The van der Waals surface area contributed by atoms with Crippen LogP contribution in [-0.2, 0) is 14.8 Å². The third-order valence-corrected chi connectivity index (χ3v) is 8.71. The number of amides is 2. The summed E-state index contributed by atoms with van der Waals surface area (Å²) >= 11 is 1.22. The number of rotatable bonds is 8. The summed E-state index contributed by atoms with van der Waals surface area (Å²) in [5.74, 6) is -0.332. The highest BCUT2D eigenvalue weighted by atomic mass is 32.2. The summed E-state index contributed by atoms with van der Waals surface area (Å²) < 4.78 is 27.1. The summed E-state index contributed by atoms with van der Waals surface area (Å²) in [6, 6.07) is 10.6. The highest BCUT2D eigenvalue weighted by Gasteiger charge is 2.29. The molecular formula is C21H26N4O4S2. The largest absolute Gasteiger partial charge is 0.349 e. The highest BCUT2D eigenvalue weighted by molar-refractivity contribution is 7.91. The Morgan fingerprint density at radius 3 is 2.45 bits per heavy atom. The van der Waals surface area contributed by atoms with E-state index >= 15 is 0 Å². The van der Waals surface area contributed by atoms with E-state index in [1.54, 1.807) is 41.8 Å². The van der Waals surface area contributed by atoms with Crippen molar-refractivity contribution in [2.24, 2.45) is 0 Å². The standard InChI is InChI=1S/C21H26N4O4S2/c26-19(23-18-5-2-1-4-17(18)21(27)22-16-7-8-16)9-10-24-11-13-25(14-12-24)31(28,29)20-6-3-15-30-20/h1-6,15-16H,7-14H2,(H,22,27)(H,23,26). The number of anilines is 1. The lowest BCUT2D eigenvalue weighted by Crippen LogP contribution is -2.48. The van der Waals surface area contributed by atoms with Crippen LogP contribution in [0.2, 0.25) is 0 Å². The third kappa shape index (κ3) is 5.51. The van der Waals surface area contributed by atoms with Gasteiger partial charge in [0.1, 0.15) is 4.21 Å². The number of carbonyl (C=O) groups excluding carboxylic acids is 2. The smallest absolute Gasteiger partial charge is 0.253 e. The van der Waals surface area contributed by atoms with E-state index in [4.69, 9.17) is 0 Å². The van der Waals surface area contributed by atoms with E-state index in [2.05, 4.69) is 15.5 Å². The third-order valence-electron chi connectivity index (χ3n) is 5.43. The molecule has 2 heterocycles. The van der Waals surface area contributed by atoms with Crippen molar-refractivity contribution in [1.29, 1.82) is 0 Å². The zero-order valence-electron chi connectivity index (χ0n) is 17.1. The maximum atomic E-state index is 12.6. The molecule has 166 valence electrons. The van der Waals surface area contributed by atoms with Crippen LogP contribution >= 0.6 is 11.3 Å². The molecule has 2 aliphatic rings. The number of carbonyl (C=O) groups is 2. The molecular weight excluding hydrogens is 436 g/mol. The van der Waals surface area contributed by atoms with Gasteiger partial charge in [-0.2, -0.15) is 4.31 Å². The number of piperazine rings is 1. The molecule has 0 unspecified atom stereocenters. The van der Waals surface area contributed by atoms with Gasteiger partial charge in [-0.15, -0.1) is 11.3 Å². The number of hydrogen-bond donors (Lipinski definition) is 2. The normalized spacial score (nSPS) is 17.9. The van der Waals surface area contributed by atoms with Gasteiger partial charge in [-0.05, 0) is 36.4 Å². The Bertz CT molecular complexity index is 1030. The fourth-order valence-electron chi connectivity index (χ4n) is 3.48. The SMILES string of the molecule is O=C(CCN1CCN(S(=O)(=O)c2cccs2)CC1)Nc1ccccc1C(=O)NC1CC1. The average Bonchev–Trinajstić information content (AvgIpc) is 3.39. The van der Waals surface area contributed by atoms with Crippen molar-refractivity contribution < 1.29 is 18.0 Å². The van der Waals surface area contributed by atoms with Gasteiger partial charge in [-0.25, -0.2) is 8.42 Å². The van der Waals surface area contributed by atoms with Gasteiger partial charge < -0.3 is 15.5 Å².